The number of likely N-dealkylation sites (N-methyl/N-ethyl adjacent to an activating group) is 1. The van der Waals surface area contributed by atoms with E-state index in [1.165, 1.54) is 0 Å². The van der Waals surface area contributed by atoms with Gasteiger partial charge in [-0.1, -0.05) is 6.92 Å². The molecule has 0 bridgehead atoms. The van der Waals surface area contributed by atoms with Crippen LogP contribution in [0.15, 0.2) is 0 Å². The summed E-state index contributed by atoms with van der Waals surface area (Å²) in [5.74, 6) is -0.857. The van der Waals surface area contributed by atoms with E-state index in [1.54, 1.807) is 0 Å². The molecule has 0 aliphatic carbocycles. The number of nitrogens with zero attached hydrogens (tertiary/aromatic N) is 2. The Labute approximate surface area is 110 Å². The summed E-state index contributed by atoms with van der Waals surface area (Å²) in [4.78, 5) is 15.7. The summed E-state index contributed by atoms with van der Waals surface area (Å²) in [5.41, 5.74) is 0. The Bertz CT molecular complexity index is 261. The maximum atomic E-state index is 11.1. The van der Waals surface area contributed by atoms with Gasteiger partial charge in [0.05, 0.1) is 0 Å². The summed E-state index contributed by atoms with van der Waals surface area (Å²) in [6, 6.07) is 0.430. The fourth-order valence-electron chi connectivity index (χ4n) is 2.54. The van der Waals surface area contributed by atoms with Crippen LogP contribution in [0.4, 0.5) is 0 Å². The Morgan fingerprint density at radius 2 is 2.17 bits per heavy atom. The van der Waals surface area contributed by atoms with Gasteiger partial charge in [-0.25, -0.2) is 4.79 Å². The van der Waals surface area contributed by atoms with Crippen LogP contribution in [0, 0.1) is 0 Å². The smallest absolute Gasteiger partial charge is 0.334 e. The van der Waals surface area contributed by atoms with E-state index in [2.05, 4.69) is 23.8 Å². The van der Waals surface area contributed by atoms with E-state index in [0.29, 0.717) is 19.2 Å². The monoisotopic (exact) mass is 258 g/mol. The molecule has 0 aromatic rings. The van der Waals surface area contributed by atoms with Crippen molar-refractivity contribution in [2.24, 2.45) is 0 Å². The Balaban J connectivity index is 2.62. The average molecular weight is 258 g/mol. The van der Waals surface area contributed by atoms with Gasteiger partial charge in [-0.2, -0.15) is 0 Å². The van der Waals surface area contributed by atoms with Crippen LogP contribution in [0.25, 0.3) is 0 Å². The summed E-state index contributed by atoms with van der Waals surface area (Å²) in [6.45, 7) is 7.99. The van der Waals surface area contributed by atoms with E-state index < -0.39 is 12.1 Å². The van der Waals surface area contributed by atoms with Crippen molar-refractivity contribution in [3.05, 3.63) is 0 Å². The van der Waals surface area contributed by atoms with E-state index in [4.69, 9.17) is 9.84 Å². The Morgan fingerprint density at radius 1 is 1.44 bits per heavy atom. The Morgan fingerprint density at radius 3 is 2.72 bits per heavy atom. The number of aliphatic carboxylic acids is 1. The van der Waals surface area contributed by atoms with Crippen LogP contribution in [0.5, 0.6) is 0 Å². The standard InChI is InChI=1S/C13H26N2O3/c1-4-11-9-14(3)7-6-8-15(11)10-12(13(16)17)18-5-2/h11-12H,4-10H2,1-3H3,(H,16,17). The minimum atomic E-state index is -0.857. The maximum absolute atomic E-state index is 11.1. The summed E-state index contributed by atoms with van der Waals surface area (Å²) >= 11 is 0. The van der Waals surface area contributed by atoms with E-state index in [0.717, 1.165) is 32.5 Å². The molecule has 0 saturated carbocycles. The van der Waals surface area contributed by atoms with Gasteiger partial charge in [0.2, 0.25) is 0 Å². The highest BCUT2D eigenvalue weighted by Gasteiger charge is 2.27. The first-order valence-corrected chi connectivity index (χ1v) is 6.85. The molecular weight excluding hydrogens is 232 g/mol. The zero-order valence-corrected chi connectivity index (χ0v) is 11.8. The predicted molar refractivity (Wildman–Crippen MR) is 70.8 cm³/mol. The molecule has 1 aliphatic rings. The largest absolute Gasteiger partial charge is 0.479 e. The number of rotatable bonds is 6. The van der Waals surface area contributed by atoms with E-state index >= 15 is 0 Å². The van der Waals surface area contributed by atoms with Crippen LogP contribution in [0.3, 0.4) is 0 Å². The van der Waals surface area contributed by atoms with Crippen molar-refractivity contribution < 1.29 is 14.6 Å². The molecule has 0 aromatic heterocycles. The lowest BCUT2D eigenvalue weighted by Crippen LogP contribution is -2.46. The predicted octanol–water partition coefficient (Wildman–Crippen LogP) is 0.892. The quantitative estimate of drug-likeness (QED) is 0.767. The molecule has 5 nitrogen and oxygen atoms in total. The molecule has 1 saturated heterocycles. The molecule has 2 unspecified atom stereocenters. The van der Waals surface area contributed by atoms with Gasteiger partial charge in [-0.15, -0.1) is 0 Å². The zero-order valence-electron chi connectivity index (χ0n) is 11.8. The molecule has 1 aliphatic heterocycles. The second kappa shape index (κ2) is 7.71. The van der Waals surface area contributed by atoms with Gasteiger partial charge >= 0.3 is 5.97 Å². The van der Waals surface area contributed by atoms with Crippen molar-refractivity contribution in [2.75, 3.05) is 39.8 Å². The van der Waals surface area contributed by atoms with Crippen LogP contribution in [0.2, 0.25) is 0 Å². The number of carboxylic acids is 1. The second-order valence-corrected chi connectivity index (χ2v) is 4.96. The van der Waals surface area contributed by atoms with Gasteiger partial charge in [0.25, 0.3) is 0 Å². The van der Waals surface area contributed by atoms with Gasteiger partial charge in [0.1, 0.15) is 0 Å². The molecule has 0 aromatic carbocycles. The average Bonchev–Trinajstić information content (AvgIpc) is 2.50. The van der Waals surface area contributed by atoms with Gasteiger partial charge < -0.3 is 14.7 Å². The summed E-state index contributed by atoms with van der Waals surface area (Å²) in [7, 11) is 2.13. The van der Waals surface area contributed by atoms with E-state index in [9.17, 15) is 4.79 Å². The molecule has 0 spiro atoms. The highest BCUT2D eigenvalue weighted by molar-refractivity contribution is 5.72. The minimum absolute atomic E-state index is 0.430. The van der Waals surface area contributed by atoms with Crippen molar-refractivity contribution in [2.45, 2.75) is 38.8 Å². The minimum Gasteiger partial charge on any atom is -0.479 e. The van der Waals surface area contributed by atoms with Crippen molar-refractivity contribution >= 4 is 5.97 Å². The lowest BCUT2D eigenvalue weighted by Gasteiger charge is -2.31. The highest BCUT2D eigenvalue weighted by atomic mass is 16.5. The first-order chi connectivity index (χ1) is 8.58. The van der Waals surface area contributed by atoms with Crippen LogP contribution in [-0.4, -0.2) is 72.9 Å². The van der Waals surface area contributed by atoms with Crippen molar-refractivity contribution in [3.63, 3.8) is 0 Å². The Hall–Kier alpha value is -0.650. The van der Waals surface area contributed by atoms with Crippen LogP contribution >= 0.6 is 0 Å². The van der Waals surface area contributed by atoms with Crippen molar-refractivity contribution in [1.29, 1.82) is 0 Å². The van der Waals surface area contributed by atoms with E-state index in [-0.39, 0.29) is 0 Å². The number of carboxylic acid groups (broad SMARTS) is 1. The molecule has 18 heavy (non-hydrogen) atoms. The fraction of sp³-hybridized carbons (Fsp3) is 0.923. The lowest BCUT2D eigenvalue weighted by molar-refractivity contribution is -0.151. The van der Waals surface area contributed by atoms with Crippen molar-refractivity contribution in [3.8, 4) is 0 Å². The van der Waals surface area contributed by atoms with Gasteiger partial charge in [-0.3, -0.25) is 4.90 Å². The summed E-state index contributed by atoms with van der Waals surface area (Å²) < 4.78 is 5.31. The lowest BCUT2D eigenvalue weighted by atomic mass is 10.1. The summed E-state index contributed by atoms with van der Waals surface area (Å²) in [6.07, 6.45) is 1.43. The molecule has 5 heteroatoms. The van der Waals surface area contributed by atoms with Gasteiger partial charge in [0, 0.05) is 25.7 Å². The maximum Gasteiger partial charge on any atom is 0.334 e. The van der Waals surface area contributed by atoms with E-state index in [1.807, 2.05) is 6.92 Å². The summed E-state index contributed by atoms with van der Waals surface area (Å²) in [5, 5.41) is 9.15. The normalized spacial score (nSPS) is 24.7. The Kier molecular flexibility index (Phi) is 6.60. The van der Waals surface area contributed by atoms with Crippen molar-refractivity contribution in [1.82, 2.24) is 9.80 Å². The van der Waals surface area contributed by atoms with Crippen LogP contribution in [0.1, 0.15) is 26.7 Å². The SMILES string of the molecule is CCOC(CN1CCCN(C)CC1CC)C(=O)O. The molecule has 1 heterocycles. The molecule has 1 fully saturated rings. The van der Waals surface area contributed by atoms with Gasteiger partial charge in [-0.05, 0) is 39.9 Å². The highest BCUT2D eigenvalue weighted by Crippen LogP contribution is 2.13. The third-order valence-electron chi connectivity index (χ3n) is 3.54. The molecule has 106 valence electrons. The van der Waals surface area contributed by atoms with Crippen LogP contribution in [-0.2, 0) is 9.53 Å². The third kappa shape index (κ3) is 4.55. The number of carbonyl (C=O) groups is 1. The molecule has 1 rings (SSSR count). The fourth-order valence-corrected chi connectivity index (χ4v) is 2.54. The molecule has 0 radical (unpaired) electrons. The van der Waals surface area contributed by atoms with Gasteiger partial charge in [0.15, 0.2) is 6.10 Å². The zero-order chi connectivity index (χ0) is 13.5. The molecule has 1 N–H and O–H groups in total. The first kappa shape index (κ1) is 15.4. The molecule has 0 amide bonds. The topological polar surface area (TPSA) is 53.0 Å². The number of hydrogen-bond acceptors (Lipinski definition) is 4. The van der Waals surface area contributed by atoms with Crippen LogP contribution < -0.4 is 0 Å². The number of ether oxygens (including phenoxy) is 1. The third-order valence-corrected chi connectivity index (χ3v) is 3.54. The molecule has 2 atom stereocenters. The second-order valence-electron chi connectivity index (χ2n) is 4.96. The first-order valence-electron chi connectivity index (χ1n) is 6.85. The number of hydrogen-bond donors (Lipinski definition) is 1. The molecular formula is C13H26N2O3.